The third-order valence-electron chi connectivity index (χ3n) is 3.19. The fraction of sp³-hybridized carbons (Fsp3) is 0.533. The summed E-state index contributed by atoms with van der Waals surface area (Å²) in [5.41, 5.74) is 1.12. The van der Waals surface area contributed by atoms with Gasteiger partial charge in [0.05, 0.1) is 7.11 Å². The van der Waals surface area contributed by atoms with Crippen LogP contribution in [0.25, 0.3) is 0 Å². The van der Waals surface area contributed by atoms with Crippen molar-refractivity contribution in [2.24, 2.45) is 0 Å². The van der Waals surface area contributed by atoms with Crippen molar-refractivity contribution in [2.75, 3.05) is 18.6 Å². The maximum atomic E-state index is 10.4. The molecule has 104 valence electrons. The molecule has 0 spiro atoms. The maximum Gasteiger partial charge on any atom is 0.161 e. The minimum absolute atomic E-state index is 0.272. The van der Waals surface area contributed by atoms with Crippen LogP contribution in [-0.2, 0) is 11.2 Å². The van der Waals surface area contributed by atoms with E-state index in [0.29, 0.717) is 6.42 Å². The fourth-order valence-corrected chi connectivity index (χ4v) is 3.21. The third kappa shape index (κ3) is 4.16. The van der Waals surface area contributed by atoms with Crippen molar-refractivity contribution in [3.8, 4) is 11.5 Å². The van der Waals surface area contributed by atoms with Crippen LogP contribution in [0.1, 0.15) is 24.8 Å². The standard InChI is InChI=1S/C15H20O3S/c1-17-14-7-6-12(4-2-8-16)10-15(14)18-13-5-3-9-19-11-13/h6-8,10,13H,2-5,9,11H2,1H3. The molecule has 1 aromatic carbocycles. The number of benzene rings is 1. The summed E-state index contributed by atoms with van der Waals surface area (Å²) in [6, 6.07) is 5.91. The molecule has 1 aromatic rings. The lowest BCUT2D eigenvalue weighted by Crippen LogP contribution is -2.23. The molecule has 0 bridgehead atoms. The Bertz CT molecular complexity index is 414. The molecule has 2 rings (SSSR count). The van der Waals surface area contributed by atoms with Crippen molar-refractivity contribution in [1.82, 2.24) is 0 Å². The summed E-state index contributed by atoms with van der Waals surface area (Å²) < 4.78 is 11.4. The van der Waals surface area contributed by atoms with E-state index in [1.165, 1.54) is 12.2 Å². The van der Waals surface area contributed by atoms with Gasteiger partial charge in [-0.3, -0.25) is 0 Å². The lowest BCUT2D eigenvalue weighted by Gasteiger charge is -2.24. The van der Waals surface area contributed by atoms with Gasteiger partial charge < -0.3 is 14.3 Å². The Morgan fingerprint density at radius 2 is 2.32 bits per heavy atom. The number of methoxy groups -OCH3 is 1. The first-order valence-corrected chi connectivity index (χ1v) is 7.84. The van der Waals surface area contributed by atoms with E-state index in [2.05, 4.69) is 0 Å². The van der Waals surface area contributed by atoms with Crippen molar-refractivity contribution in [1.29, 1.82) is 0 Å². The molecule has 0 aromatic heterocycles. The van der Waals surface area contributed by atoms with E-state index < -0.39 is 0 Å². The molecular weight excluding hydrogens is 260 g/mol. The second kappa shape index (κ2) is 7.43. The molecule has 1 fully saturated rings. The van der Waals surface area contributed by atoms with Gasteiger partial charge in [0.1, 0.15) is 12.4 Å². The van der Waals surface area contributed by atoms with E-state index >= 15 is 0 Å². The largest absolute Gasteiger partial charge is 0.493 e. The van der Waals surface area contributed by atoms with E-state index in [0.717, 1.165) is 41.9 Å². The van der Waals surface area contributed by atoms with Gasteiger partial charge >= 0.3 is 0 Å². The molecule has 0 aliphatic carbocycles. The summed E-state index contributed by atoms with van der Waals surface area (Å²) in [4.78, 5) is 10.4. The molecule has 0 saturated carbocycles. The molecule has 0 amide bonds. The molecule has 4 heteroatoms. The molecule has 19 heavy (non-hydrogen) atoms. The van der Waals surface area contributed by atoms with E-state index in [1.807, 2.05) is 30.0 Å². The van der Waals surface area contributed by atoms with Crippen LogP contribution in [0, 0.1) is 0 Å². The second-order valence-electron chi connectivity index (χ2n) is 4.65. The van der Waals surface area contributed by atoms with Gasteiger partial charge in [-0.15, -0.1) is 0 Å². The van der Waals surface area contributed by atoms with Crippen LogP contribution in [0.3, 0.4) is 0 Å². The summed E-state index contributed by atoms with van der Waals surface area (Å²) >= 11 is 1.94. The van der Waals surface area contributed by atoms with Crippen LogP contribution in [-0.4, -0.2) is 31.0 Å². The number of aldehydes is 1. The Kier molecular flexibility index (Phi) is 5.58. The summed E-state index contributed by atoms with van der Waals surface area (Å²) in [7, 11) is 1.66. The predicted octanol–water partition coefficient (Wildman–Crippen LogP) is 3.10. The lowest BCUT2D eigenvalue weighted by atomic mass is 10.1. The average molecular weight is 280 g/mol. The Morgan fingerprint density at radius 1 is 1.42 bits per heavy atom. The summed E-state index contributed by atoms with van der Waals surface area (Å²) in [6.07, 6.45) is 4.84. The van der Waals surface area contributed by atoms with E-state index in [9.17, 15) is 4.79 Å². The zero-order chi connectivity index (χ0) is 13.5. The fourth-order valence-electron chi connectivity index (χ4n) is 2.18. The van der Waals surface area contributed by atoms with Gasteiger partial charge in [-0.05, 0) is 42.7 Å². The van der Waals surface area contributed by atoms with Crippen molar-refractivity contribution in [3.63, 3.8) is 0 Å². The van der Waals surface area contributed by atoms with Crippen LogP contribution in [0.15, 0.2) is 18.2 Å². The van der Waals surface area contributed by atoms with Crippen LogP contribution >= 0.6 is 11.8 Å². The number of aryl methyl sites for hydroxylation is 1. The van der Waals surface area contributed by atoms with Gasteiger partial charge in [-0.25, -0.2) is 0 Å². The summed E-state index contributed by atoms with van der Waals surface area (Å²) in [5, 5.41) is 0. The highest BCUT2D eigenvalue weighted by atomic mass is 32.2. The highest BCUT2D eigenvalue weighted by Gasteiger charge is 2.17. The highest BCUT2D eigenvalue weighted by molar-refractivity contribution is 7.99. The number of ether oxygens (including phenoxy) is 2. The number of thioether (sulfide) groups is 1. The first-order chi connectivity index (χ1) is 9.33. The molecule has 3 nitrogen and oxygen atoms in total. The van der Waals surface area contributed by atoms with Crippen LogP contribution in [0.2, 0.25) is 0 Å². The van der Waals surface area contributed by atoms with Crippen molar-refractivity contribution >= 4 is 18.0 Å². The zero-order valence-corrected chi connectivity index (χ0v) is 12.1. The summed E-state index contributed by atoms with van der Waals surface area (Å²) in [5.74, 6) is 3.85. The quantitative estimate of drug-likeness (QED) is 0.750. The van der Waals surface area contributed by atoms with Gasteiger partial charge in [-0.2, -0.15) is 11.8 Å². The van der Waals surface area contributed by atoms with Gasteiger partial charge in [0, 0.05) is 12.2 Å². The number of rotatable bonds is 6. The highest BCUT2D eigenvalue weighted by Crippen LogP contribution is 2.31. The lowest BCUT2D eigenvalue weighted by molar-refractivity contribution is -0.107. The zero-order valence-electron chi connectivity index (χ0n) is 11.3. The number of carbonyl (C=O) groups excluding carboxylic acids is 1. The number of hydrogen-bond donors (Lipinski definition) is 0. The second-order valence-corrected chi connectivity index (χ2v) is 5.80. The average Bonchev–Trinajstić information content (AvgIpc) is 2.46. The molecule has 1 heterocycles. The summed E-state index contributed by atoms with van der Waals surface area (Å²) in [6.45, 7) is 0. The van der Waals surface area contributed by atoms with Gasteiger partial charge in [0.25, 0.3) is 0 Å². The maximum absolute atomic E-state index is 10.4. The molecule has 1 atom stereocenters. The Morgan fingerprint density at radius 3 is 3.00 bits per heavy atom. The van der Waals surface area contributed by atoms with Crippen LogP contribution in [0.4, 0.5) is 0 Å². The Hall–Kier alpha value is -1.16. The monoisotopic (exact) mass is 280 g/mol. The number of carbonyl (C=O) groups is 1. The van der Waals surface area contributed by atoms with E-state index in [4.69, 9.17) is 9.47 Å². The predicted molar refractivity (Wildman–Crippen MR) is 78.4 cm³/mol. The molecule has 1 aliphatic heterocycles. The van der Waals surface area contributed by atoms with Crippen molar-refractivity contribution in [2.45, 2.75) is 31.8 Å². The normalized spacial score (nSPS) is 18.9. The smallest absolute Gasteiger partial charge is 0.161 e. The molecule has 1 aliphatic rings. The van der Waals surface area contributed by atoms with E-state index in [-0.39, 0.29) is 6.10 Å². The van der Waals surface area contributed by atoms with Gasteiger partial charge in [0.15, 0.2) is 11.5 Å². The van der Waals surface area contributed by atoms with Crippen LogP contribution < -0.4 is 9.47 Å². The molecule has 0 radical (unpaired) electrons. The molecule has 1 saturated heterocycles. The molecular formula is C15H20O3S. The SMILES string of the molecule is COc1ccc(CCC=O)cc1OC1CCCSC1. The van der Waals surface area contributed by atoms with Gasteiger partial charge in [0.2, 0.25) is 0 Å². The minimum atomic E-state index is 0.272. The first-order valence-electron chi connectivity index (χ1n) is 6.68. The van der Waals surface area contributed by atoms with Gasteiger partial charge in [-0.1, -0.05) is 6.07 Å². The Balaban J connectivity index is 2.08. The third-order valence-corrected chi connectivity index (χ3v) is 4.38. The van der Waals surface area contributed by atoms with Crippen molar-refractivity contribution in [3.05, 3.63) is 23.8 Å². The molecule has 0 N–H and O–H groups in total. The topological polar surface area (TPSA) is 35.5 Å². The van der Waals surface area contributed by atoms with E-state index in [1.54, 1.807) is 7.11 Å². The minimum Gasteiger partial charge on any atom is -0.493 e. The van der Waals surface area contributed by atoms with Crippen molar-refractivity contribution < 1.29 is 14.3 Å². The number of hydrogen-bond acceptors (Lipinski definition) is 4. The molecule has 1 unspecified atom stereocenters. The first kappa shape index (κ1) is 14.3. The van der Waals surface area contributed by atoms with Crippen LogP contribution in [0.5, 0.6) is 11.5 Å². The Labute approximate surface area is 118 Å².